The molecule has 1 heterocycles. The van der Waals surface area contributed by atoms with Gasteiger partial charge in [-0.1, -0.05) is 17.7 Å². The van der Waals surface area contributed by atoms with E-state index in [9.17, 15) is 13.2 Å². The number of carbonyl (C=O) groups is 1. The normalized spacial score (nSPS) is 14.9. The summed E-state index contributed by atoms with van der Waals surface area (Å²) in [5.41, 5.74) is 1.25. The van der Waals surface area contributed by atoms with Crippen LogP contribution in [0.25, 0.3) is 0 Å². The minimum atomic E-state index is -3.75. The molecule has 0 spiro atoms. The summed E-state index contributed by atoms with van der Waals surface area (Å²) in [4.78, 5) is 12.8. The molecular formula is C18H18O5S. The maximum Gasteiger partial charge on any atom is 0.188 e. The molecule has 0 saturated carbocycles. The number of benzene rings is 2. The number of fused-ring (bicyclic) bond motifs is 1. The van der Waals surface area contributed by atoms with Crippen molar-refractivity contribution in [3.8, 4) is 11.5 Å². The van der Waals surface area contributed by atoms with Gasteiger partial charge in [0.05, 0.1) is 4.90 Å². The molecule has 1 atom stereocenters. The van der Waals surface area contributed by atoms with Gasteiger partial charge in [0.15, 0.2) is 27.1 Å². The Balaban J connectivity index is 1.90. The van der Waals surface area contributed by atoms with Crippen molar-refractivity contribution >= 4 is 15.6 Å². The van der Waals surface area contributed by atoms with Gasteiger partial charge < -0.3 is 9.47 Å². The van der Waals surface area contributed by atoms with Crippen LogP contribution < -0.4 is 9.47 Å². The SMILES string of the molecule is Cc1ccc(S(=O)(=O)[C@@H](C)C(=O)c2ccc3c(c2)OCCO3)cc1. The Morgan fingerprint density at radius 1 is 1.00 bits per heavy atom. The summed E-state index contributed by atoms with van der Waals surface area (Å²) < 4.78 is 36.2. The zero-order chi connectivity index (χ0) is 17.3. The third kappa shape index (κ3) is 3.01. The molecule has 24 heavy (non-hydrogen) atoms. The van der Waals surface area contributed by atoms with Gasteiger partial charge in [0.25, 0.3) is 0 Å². The highest BCUT2D eigenvalue weighted by molar-refractivity contribution is 7.92. The number of ether oxygens (including phenoxy) is 2. The summed E-state index contributed by atoms with van der Waals surface area (Å²) in [6, 6.07) is 11.2. The van der Waals surface area contributed by atoms with E-state index in [1.54, 1.807) is 24.3 Å². The van der Waals surface area contributed by atoms with Crippen LogP contribution in [0.15, 0.2) is 47.4 Å². The van der Waals surface area contributed by atoms with E-state index < -0.39 is 20.9 Å². The van der Waals surface area contributed by atoms with Gasteiger partial charge >= 0.3 is 0 Å². The van der Waals surface area contributed by atoms with E-state index in [2.05, 4.69) is 0 Å². The van der Waals surface area contributed by atoms with E-state index in [-0.39, 0.29) is 4.90 Å². The highest BCUT2D eigenvalue weighted by atomic mass is 32.2. The van der Waals surface area contributed by atoms with E-state index in [1.807, 2.05) is 6.92 Å². The lowest BCUT2D eigenvalue weighted by Gasteiger charge is -2.19. The van der Waals surface area contributed by atoms with Crippen molar-refractivity contribution < 1.29 is 22.7 Å². The van der Waals surface area contributed by atoms with Crippen molar-refractivity contribution in [1.29, 1.82) is 0 Å². The molecule has 1 aliphatic rings. The highest BCUT2D eigenvalue weighted by Gasteiger charge is 2.31. The lowest BCUT2D eigenvalue weighted by molar-refractivity contribution is 0.0990. The summed E-state index contributed by atoms with van der Waals surface area (Å²) in [5, 5.41) is -1.18. The fourth-order valence-corrected chi connectivity index (χ4v) is 3.85. The minimum Gasteiger partial charge on any atom is -0.486 e. The number of hydrogen-bond acceptors (Lipinski definition) is 5. The van der Waals surface area contributed by atoms with Crippen LogP contribution in [0.2, 0.25) is 0 Å². The molecular weight excluding hydrogens is 328 g/mol. The second-order valence-corrected chi connectivity index (χ2v) is 7.99. The predicted octanol–water partition coefficient (Wildman–Crippen LogP) is 2.81. The quantitative estimate of drug-likeness (QED) is 0.796. The number of Topliss-reactive ketones (excluding diaryl/α,β-unsaturated/α-hetero) is 1. The third-order valence-corrected chi connectivity index (χ3v) is 6.09. The van der Waals surface area contributed by atoms with E-state index in [0.29, 0.717) is 30.3 Å². The molecule has 2 aromatic carbocycles. The monoisotopic (exact) mass is 346 g/mol. The second-order valence-electron chi connectivity index (χ2n) is 5.72. The molecule has 0 radical (unpaired) electrons. The van der Waals surface area contributed by atoms with Crippen LogP contribution in [0.3, 0.4) is 0 Å². The van der Waals surface area contributed by atoms with E-state index in [0.717, 1.165) is 5.56 Å². The molecule has 0 unspecified atom stereocenters. The van der Waals surface area contributed by atoms with E-state index in [4.69, 9.17) is 9.47 Å². The molecule has 0 amide bonds. The number of hydrogen-bond donors (Lipinski definition) is 0. The van der Waals surface area contributed by atoms with Gasteiger partial charge in [-0.15, -0.1) is 0 Å². The van der Waals surface area contributed by atoms with Crippen molar-refractivity contribution in [2.24, 2.45) is 0 Å². The van der Waals surface area contributed by atoms with Gasteiger partial charge in [-0.05, 0) is 44.2 Å². The molecule has 6 heteroatoms. The van der Waals surface area contributed by atoms with Crippen LogP contribution in [0.4, 0.5) is 0 Å². The third-order valence-electron chi connectivity index (χ3n) is 4.01. The maximum atomic E-state index is 12.7. The summed E-state index contributed by atoms with van der Waals surface area (Å²) in [7, 11) is -3.75. The number of ketones is 1. The summed E-state index contributed by atoms with van der Waals surface area (Å²) >= 11 is 0. The molecule has 0 N–H and O–H groups in total. The summed E-state index contributed by atoms with van der Waals surface area (Å²) in [5.74, 6) is 0.562. The molecule has 0 bridgehead atoms. The standard InChI is InChI=1S/C18H18O5S/c1-12-3-6-15(7-4-12)24(20,21)13(2)18(19)14-5-8-16-17(11-14)23-10-9-22-16/h3-8,11,13H,9-10H2,1-2H3/t13-/m0/s1. The highest BCUT2D eigenvalue weighted by Crippen LogP contribution is 2.31. The predicted molar refractivity (Wildman–Crippen MR) is 89.6 cm³/mol. The summed E-state index contributed by atoms with van der Waals surface area (Å²) in [6.45, 7) is 4.15. The first-order valence-corrected chi connectivity index (χ1v) is 9.18. The average molecular weight is 346 g/mol. The first-order chi connectivity index (χ1) is 11.4. The van der Waals surface area contributed by atoms with Gasteiger partial charge in [-0.2, -0.15) is 0 Å². The Hall–Kier alpha value is -2.34. The van der Waals surface area contributed by atoms with E-state index >= 15 is 0 Å². The second kappa shape index (κ2) is 6.28. The Morgan fingerprint density at radius 2 is 1.62 bits per heavy atom. The first kappa shape index (κ1) is 16.5. The average Bonchev–Trinajstić information content (AvgIpc) is 2.60. The van der Waals surface area contributed by atoms with Crippen LogP contribution in [0.1, 0.15) is 22.8 Å². The molecule has 5 nitrogen and oxygen atoms in total. The lowest BCUT2D eigenvalue weighted by Crippen LogP contribution is -2.27. The molecule has 0 saturated heterocycles. The lowest BCUT2D eigenvalue weighted by atomic mass is 10.1. The Kier molecular flexibility index (Phi) is 4.32. The van der Waals surface area contributed by atoms with Crippen LogP contribution in [-0.2, 0) is 9.84 Å². The van der Waals surface area contributed by atoms with Crippen molar-refractivity contribution in [1.82, 2.24) is 0 Å². The van der Waals surface area contributed by atoms with Gasteiger partial charge in [0, 0.05) is 5.56 Å². The van der Waals surface area contributed by atoms with Crippen molar-refractivity contribution in [3.63, 3.8) is 0 Å². The minimum absolute atomic E-state index is 0.145. The molecule has 1 aliphatic heterocycles. The van der Waals surface area contributed by atoms with Gasteiger partial charge in [-0.3, -0.25) is 4.79 Å². The number of sulfone groups is 1. The number of aryl methyl sites for hydroxylation is 1. The van der Waals surface area contributed by atoms with Crippen LogP contribution in [0.5, 0.6) is 11.5 Å². The van der Waals surface area contributed by atoms with Crippen LogP contribution in [0, 0.1) is 6.92 Å². The van der Waals surface area contributed by atoms with Crippen molar-refractivity contribution in [2.75, 3.05) is 13.2 Å². The Morgan fingerprint density at radius 3 is 2.29 bits per heavy atom. The Bertz CT molecular complexity index is 869. The molecule has 3 rings (SSSR count). The summed E-state index contributed by atoms with van der Waals surface area (Å²) in [6.07, 6.45) is 0. The van der Waals surface area contributed by atoms with Crippen LogP contribution in [-0.4, -0.2) is 32.7 Å². The van der Waals surface area contributed by atoms with Gasteiger partial charge in [0.1, 0.15) is 18.5 Å². The maximum absolute atomic E-state index is 12.7. The number of rotatable bonds is 4. The Labute approximate surface area is 141 Å². The molecule has 0 fully saturated rings. The number of carbonyl (C=O) groups excluding carboxylic acids is 1. The van der Waals surface area contributed by atoms with Gasteiger partial charge in [0.2, 0.25) is 0 Å². The molecule has 2 aromatic rings. The van der Waals surface area contributed by atoms with Crippen molar-refractivity contribution in [2.45, 2.75) is 24.0 Å². The largest absolute Gasteiger partial charge is 0.486 e. The molecule has 0 aromatic heterocycles. The van der Waals surface area contributed by atoms with Crippen molar-refractivity contribution in [3.05, 3.63) is 53.6 Å². The van der Waals surface area contributed by atoms with E-state index in [1.165, 1.54) is 25.1 Å². The fraction of sp³-hybridized carbons (Fsp3) is 0.278. The smallest absolute Gasteiger partial charge is 0.188 e. The van der Waals surface area contributed by atoms with Crippen LogP contribution >= 0.6 is 0 Å². The zero-order valence-electron chi connectivity index (χ0n) is 13.5. The molecule has 0 aliphatic carbocycles. The zero-order valence-corrected chi connectivity index (χ0v) is 14.3. The molecule has 126 valence electrons. The first-order valence-electron chi connectivity index (χ1n) is 7.64. The fourth-order valence-electron chi connectivity index (χ4n) is 2.50. The van der Waals surface area contributed by atoms with Gasteiger partial charge in [-0.25, -0.2) is 8.42 Å². The topological polar surface area (TPSA) is 69.7 Å².